The number of hydrogen-bond donors (Lipinski definition) is 1. The maximum Gasteiger partial charge on any atom is 0.202 e. The largest absolute Gasteiger partial charge is 0.440 e. The van der Waals surface area contributed by atoms with Gasteiger partial charge in [-0.15, -0.1) is 0 Å². The van der Waals surface area contributed by atoms with Gasteiger partial charge in [-0.25, -0.2) is 0 Å². The SMILES string of the molecule is Cc1cc([C@@H](C)Nc2ccccc2-c2ccc(Br)cc2)c2oc(N3CCC(C)(C)CC3)c(C)c(=O)c2c1. The van der Waals surface area contributed by atoms with Gasteiger partial charge in [-0.05, 0) is 74.4 Å². The number of halogens is 1. The normalized spacial score (nSPS) is 16.1. The second kappa shape index (κ2) is 10.0. The average Bonchev–Trinajstić information content (AvgIpc) is 2.87. The maximum absolute atomic E-state index is 13.6. The number of nitrogens with one attached hydrogen (secondary N) is 1. The minimum absolute atomic E-state index is 0.0634. The van der Waals surface area contributed by atoms with Gasteiger partial charge in [0.1, 0.15) is 5.58 Å². The van der Waals surface area contributed by atoms with E-state index < -0.39 is 0 Å². The van der Waals surface area contributed by atoms with E-state index in [9.17, 15) is 4.79 Å². The van der Waals surface area contributed by atoms with Gasteiger partial charge < -0.3 is 14.6 Å². The van der Waals surface area contributed by atoms with Gasteiger partial charge in [-0.3, -0.25) is 4.79 Å². The Morgan fingerprint density at radius 2 is 1.68 bits per heavy atom. The monoisotopic (exact) mass is 558 g/mol. The van der Waals surface area contributed by atoms with Crippen molar-refractivity contribution >= 4 is 38.5 Å². The molecule has 4 aromatic rings. The number of piperidine rings is 1. The lowest BCUT2D eigenvalue weighted by Crippen LogP contribution is -2.38. The highest BCUT2D eigenvalue weighted by atomic mass is 79.9. The molecule has 1 atom stereocenters. The minimum Gasteiger partial charge on any atom is -0.440 e. The van der Waals surface area contributed by atoms with Gasteiger partial charge in [-0.1, -0.05) is 66.2 Å². The molecule has 1 N–H and O–H groups in total. The Morgan fingerprint density at radius 3 is 2.38 bits per heavy atom. The van der Waals surface area contributed by atoms with Gasteiger partial charge in [0.15, 0.2) is 5.43 Å². The first kappa shape index (κ1) is 25.6. The van der Waals surface area contributed by atoms with Crippen molar-refractivity contribution in [2.24, 2.45) is 5.41 Å². The summed E-state index contributed by atoms with van der Waals surface area (Å²) in [7, 11) is 0. The summed E-state index contributed by atoms with van der Waals surface area (Å²) >= 11 is 3.53. The summed E-state index contributed by atoms with van der Waals surface area (Å²) in [5, 5.41) is 4.37. The summed E-state index contributed by atoms with van der Waals surface area (Å²) in [4.78, 5) is 15.8. The van der Waals surface area contributed by atoms with Crippen molar-refractivity contribution in [3.63, 3.8) is 0 Å². The molecule has 1 aromatic heterocycles. The maximum atomic E-state index is 13.6. The molecule has 0 radical (unpaired) electrons. The van der Waals surface area contributed by atoms with Crippen LogP contribution in [0, 0.1) is 19.3 Å². The van der Waals surface area contributed by atoms with Crippen LogP contribution < -0.4 is 15.6 Å². The fraction of sp³-hybridized carbons (Fsp3) is 0.344. The van der Waals surface area contributed by atoms with Crippen molar-refractivity contribution in [2.45, 2.75) is 53.5 Å². The third-order valence-electron chi connectivity index (χ3n) is 7.69. The van der Waals surface area contributed by atoms with E-state index in [-0.39, 0.29) is 11.5 Å². The lowest BCUT2D eigenvalue weighted by atomic mass is 9.82. The summed E-state index contributed by atoms with van der Waals surface area (Å²) in [6, 6.07) is 20.7. The molecule has 1 fully saturated rings. The van der Waals surface area contributed by atoms with Crippen LogP contribution in [0.25, 0.3) is 22.1 Å². The molecule has 2 heterocycles. The van der Waals surface area contributed by atoms with Gasteiger partial charge in [0.25, 0.3) is 0 Å². The zero-order valence-electron chi connectivity index (χ0n) is 22.3. The summed E-state index contributed by atoms with van der Waals surface area (Å²) in [6.45, 7) is 12.5. The first-order valence-corrected chi connectivity index (χ1v) is 13.9. The number of hydrogen-bond acceptors (Lipinski definition) is 4. The van der Waals surface area contributed by atoms with E-state index in [0.29, 0.717) is 21.9 Å². The molecule has 1 aliphatic rings. The summed E-state index contributed by atoms with van der Waals surface area (Å²) in [6.07, 6.45) is 2.17. The van der Waals surface area contributed by atoms with Crippen molar-refractivity contribution in [3.8, 4) is 11.1 Å². The Kier molecular flexibility index (Phi) is 6.93. The number of benzene rings is 3. The van der Waals surface area contributed by atoms with Crippen molar-refractivity contribution in [1.82, 2.24) is 0 Å². The number of anilines is 2. The van der Waals surface area contributed by atoms with Gasteiger partial charge in [0.2, 0.25) is 5.88 Å². The van der Waals surface area contributed by atoms with Crippen LogP contribution in [-0.4, -0.2) is 13.1 Å². The van der Waals surface area contributed by atoms with E-state index in [1.165, 1.54) is 0 Å². The van der Waals surface area contributed by atoms with Crippen LogP contribution in [0.3, 0.4) is 0 Å². The van der Waals surface area contributed by atoms with E-state index >= 15 is 0 Å². The van der Waals surface area contributed by atoms with E-state index in [1.807, 2.05) is 26.0 Å². The predicted molar refractivity (Wildman–Crippen MR) is 159 cm³/mol. The zero-order chi connectivity index (χ0) is 26.3. The molecule has 0 amide bonds. The van der Waals surface area contributed by atoms with Crippen LogP contribution in [0.5, 0.6) is 0 Å². The highest BCUT2D eigenvalue weighted by Gasteiger charge is 2.29. The quantitative estimate of drug-likeness (QED) is 0.266. The number of rotatable bonds is 5. The van der Waals surface area contributed by atoms with Crippen LogP contribution >= 0.6 is 15.9 Å². The Bertz CT molecular complexity index is 1490. The summed E-state index contributed by atoms with van der Waals surface area (Å²) in [5.74, 6) is 0.723. The zero-order valence-corrected chi connectivity index (χ0v) is 23.9. The molecule has 4 nitrogen and oxygen atoms in total. The third kappa shape index (κ3) is 5.19. The van der Waals surface area contributed by atoms with Crippen molar-refractivity contribution in [2.75, 3.05) is 23.3 Å². The second-order valence-corrected chi connectivity index (χ2v) is 12.1. The first-order chi connectivity index (χ1) is 17.6. The second-order valence-electron chi connectivity index (χ2n) is 11.2. The number of nitrogens with zero attached hydrogens (tertiary/aromatic N) is 1. The van der Waals surface area contributed by atoms with Crippen LogP contribution in [0.4, 0.5) is 11.6 Å². The lowest BCUT2D eigenvalue weighted by molar-refractivity contribution is 0.274. The Balaban J connectivity index is 1.56. The third-order valence-corrected chi connectivity index (χ3v) is 8.22. The Hall–Kier alpha value is -3.05. The lowest BCUT2D eigenvalue weighted by Gasteiger charge is -2.37. The van der Waals surface area contributed by atoms with Gasteiger partial charge in [0.05, 0.1) is 17.0 Å². The molecule has 1 aliphatic heterocycles. The molecule has 0 unspecified atom stereocenters. The van der Waals surface area contributed by atoms with Crippen LogP contribution in [0.15, 0.2) is 74.3 Å². The molecule has 1 saturated heterocycles. The first-order valence-electron chi connectivity index (χ1n) is 13.1. The number of para-hydroxylation sites is 1. The number of aryl methyl sites for hydroxylation is 1. The fourth-order valence-corrected chi connectivity index (χ4v) is 5.56. The molecule has 192 valence electrons. The predicted octanol–water partition coefficient (Wildman–Crippen LogP) is 8.64. The van der Waals surface area contributed by atoms with Crippen LogP contribution in [0.1, 0.15) is 56.3 Å². The standard InChI is InChI=1S/C32H35BrN2O2/c1-20-18-26(22(3)34-28-9-7-6-8-25(28)23-10-12-24(33)13-11-23)30-27(19-20)29(36)21(2)31(37-30)35-16-14-32(4,5)15-17-35/h6-13,18-19,22,34H,14-17H2,1-5H3/t22-/m1/s1. The molecule has 5 heteroatoms. The summed E-state index contributed by atoms with van der Waals surface area (Å²) < 4.78 is 7.69. The molecule has 3 aromatic carbocycles. The molecule has 37 heavy (non-hydrogen) atoms. The average molecular weight is 560 g/mol. The van der Waals surface area contributed by atoms with E-state index in [2.05, 4.69) is 95.4 Å². The Labute approximate surface area is 227 Å². The molecule has 0 spiro atoms. The molecular formula is C32H35BrN2O2. The van der Waals surface area contributed by atoms with Crippen molar-refractivity contribution < 1.29 is 4.42 Å². The molecule has 5 rings (SSSR count). The smallest absolute Gasteiger partial charge is 0.202 e. The summed E-state index contributed by atoms with van der Waals surface area (Å²) in [5.41, 5.74) is 7.14. The van der Waals surface area contributed by atoms with Crippen molar-refractivity contribution in [1.29, 1.82) is 0 Å². The highest BCUT2D eigenvalue weighted by Crippen LogP contribution is 2.37. The van der Waals surface area contributed by atoms with Gasteiger partial charge in [0, 0.05) is 34.4 Å². The van der Waals surface area contributed by atoms with Crippen LogP contribution in [0.2, 0.25) is 0 Å². The molecular weight excluding hydrogens is 524 g/mol. The van der Waals surface area contributed by atoms with Gasteiger partial charge in [-0.2, -0.15) is 0 Å². The van der Waals surface area contributed by atoms with E-state index in [4.69, 9.17) is 4.42 Å². The van der Waals surface area contributed by atoms with Crippen molar-refractivity contribution in [3.05, 3.63) is 92.1 Å². The van der Waals surface area contributed by atoms with E-state index in [1.54, 1.807) is 0 Å². The Morgan fingerprint density at radius 1 is 1.00 bits per heavy atom. The number of fused-ring (bicyclic) bond motifs is 1. The van der Waals surface area contributed by atoms with Gasteiger partial charge >= 0.3 is 0 Å². The molecule has 0 bridgehead atoms. The van der Waals surface area contributed by atoms with E-state index in [0.717, 1.165) is 64.2 Å². The molecule has 0 saturated carbocycles. The fourth-order valence-electron chi connectivity index (χ4n) is 5.30. The molecule has 0 aliphatic carbocycles. The van der Waals surface area contributed by atoms with Crippen LogP contribution in [-0.2, 0) is 0 Å². The minimum atomic E-state index is -0.0713. The highest BCUT2D eigenvalue weighted by molar-refractivity contribution is 9.10. The topological polar surface area (TPSA) is 45.5 Å².